The van der Waals surface area contributed by atoms with Gasteiger partial charge in [-0.1, -0.05) is 42.7 Å². The van der Waals surface area contributed by atoms with Gasteiger partial charge >= 0.3 is 0 Å². The highest BCUT2D eigenvalue weighted by Gasteiger charge is 2.50. The number of aliphatic hydroxyl groups is 1. The van der Waals surface area contributed by atoms with Crippen molar-refractivity contribution in [3.05, 3.63) is 34.4 Å². The number of epoxide rings is 1. The van der Waals surface area contributed by atoms with Crippen molar-refractivity contribution >= 4 is 6.29 Å². The van der Waals surface area contributed by atoms with E-state index < -0.39 is 0 Å². The van der Waals surface area contributed by atoms with Gasteiger partial charge in [-0.25, -0.2) is 0 Å². The van der Waals surface area contributed by atoms with E-state index in [1.807, 2.05) is 6.92 Å². The van der Waals surface area contributed by atoms with Gasteiger partial charge in [0.25, 0.3) is 0 Å². The fraction of sp³-hybridized carbons (Fsp3) is 0.767. The maximum atomic E-state index is 11.6. The van der Waals surface area contributed by atoms with Crippen molar-refractivity contribution in [1.82, 2.24) is 0 Å². The first-order chi connectivity index (χ1) is 15.6. The molecule has 0 spiro atoms. The normalized spacial score (nSPS) is 33.6. The third-order valence-electron chi connectivity index (χ3n) is 8.73. The molecule has 0 radical (unpaired) electrons. The van der Waals surface area contributed by atoms with Crippen LogP contribution in [0.15, 0.2) is 34.4 Å². The lowest BCUT2D eigenvalue weighted by Gasteiger charge is -2.48. The summed E-state index contributed by atoms with van der Waals surface area (Å²) in [5, 5.41) is 9.47. The Kier molecular flexibility index (Phi) is 10.6. The van der Waals surface area contributed by atoms with Gasteiger partial charge < -0.3 is 9.84 Å². The highest BCUT2D eigenvalue weighted by atomic mass is 16.6. The minimum Gasteiger partial charge on any atom is -0.396 e. The van der Waals surface area contributed by atoms with Crippen LogP contribution in [0.1, 0.15) is 113 Å². The molecule has 1 saturated carbocycles. The van der Waals surface area contributed by atoms with Crippen LogP contribution in [0.25, 0.3) is 0 Å². The first kappa shape index (κ1) is 28.1. The molecule has 0 amide bonds. The maximum Gasteiger partial charge on any atom is 0.145 e. The molecule has 33 heavy (non-hydrogen) atoms. The van der Waals surface area contributed by atoms with E-state index in [1.165, 1.54) is 16.7 Å². The molecule has 188 valence electrons. The molecule has 1 saturated heterocycles. The third-order valence-corrected chi connectivity index (χ3v) is 8.73. The molecular weight excluding hydrogens is 408 g/mol. The second kappa shape index (κ2) is 12.5. The molecule has 0 aromatic heterocycles. The lowest BCUT2D eigenvalue weighted by atomic mass is 9.56. The molecule has 0 unspecified atom stereocenters. The monoisotopic (exact) mass is 458 g/mol. The fourth-order valence-electron chi connectivity index (χ4n) is 6.00. The lowest BCUT2D eigenvalue weighted by Crippen LogP contribution is -2.39. The summed E-state index contributed by atoms with van der Waals surface area (Å²) in [6.07, 6.45) is 16.8. The zero-order chi connectivity index (χ0) is 24.6. The number of rotatable bonds is 13. The van der Waals surface area contributed by atoms with Crippen molar-refractivity contribution in [1.29, 1.82) is 0 Å². The molecule has 2 rings (SSSR count). The van der Waals surface area contributed by atoms with Crippen LogP contribution in [0.4, 0.5) is 0 Å². The maximum absolute atomic E-state index is 11.6. The predicted molar refractivity (Wildman–Crippen MR) is 139 cm³/mol. The minimum absolute atomic E-state index is 0.0797. The van der Waals surface area contributed by atoms with Crippen molar-refractivity contribution in [2.24, 2.45) is 17.3 Å². The van der Waals surface area contributed by atoms with Gasteiger partial charge in [0.1, 0.15) is 6.29 Å². The summed E-state index contributed by atoms with van der Waals surface area (Å²) in [6, 6.07) is 0. The Labute approximate surface area is 203 Å². The second-order valence-corrected chi connectivity index (χ2v) is 11.6. The smallest absolute Gasteiger partial charge is 0.145 e. The number of hydrogen-bond acceptors (Lipinski definition) is 3. The Bertz CT molecular complexity index is 742. The van der Waals surface area contributed by atoms with Crippen molar-refractivity contribution in [3.63, 3.8) is 0 Å². The van der Waals surface area contributed by atoms with Crippen LogP contribution >= 0.6 is 0 Å². The van der Waals surface area contributed by atoms with Gasteiger partial charge in [-0.05, 0) is 122 Å². The van der Waals surface area contributed by atoms with Crippen molar-refractivity contribution < 1.29 is 14.6 Å². The van der Waals surface area contributed by atoms with E-state index in [9.17, 15) is 9.90 Å². The summed E-state index contributed by atoms with van der Waals surface area (Å²) in [7, 11) is 0. The zero-order valence-corrected chi connectivity index (χ0v) is 22.5. The molecule has 5 atom stereocenters. The molecule has 1 aliphatic heterocycles. The van der Waals surface area contributed by atoms with Gasteiger partial charge in [0.2, 0.25) is 0 Å². The van der Waals surface area contributed by atoms with Gasteiger partial charge in [0.15, 0.2) is 0 Å². The first-order valence-electron chi connectivity index (χ1n) is 13.3. The van der Waals surface area contributed by atoms with E-state index in [0.717, 1.165) is 76.1 Å². The Balaban J connectivity index is 1.93. The van der Waals surface area contributed by atoms with Crippen LogP contribution in [0.3, 0.4) is 0 Å². The molecule has 1 aliphatic carbocycles. The summed E-state index contributed by atoms with van der Waals surface area (Å²) in [4.78, 5) is 11.6. The largest absolute Gasteiger partial charge is 0.396 e. The molecule has 3 heteroatoms. The summed E-state index contributed by atoms with van der Waals surface area (Å²) in [6.45, 7) is 15.9. The number of hydrogen-bond donors (Lipinski definition) is 1. The first-order valence-corrected chi connectivity index (χ1v) is 13.3. The van der Waals surface area contributed by atoms with Crippen molar-refractivity contribution in [2.45, 2.75) is 124 Å². The Morgan fingerprint density at radius 3 is 2.42 bits per heavy atom. The number of allylic oxidation sites excluding steroid dienone is 6. The average Bonchev–Trinajstić information content (AvgIpc) is 3.42. The van der Waals surface area contributed by atoms with Crippen LogP contribution in [-0.2, 0) is 9.53 Å². The molecule has 0 bridgehead atoms. The van der Waals surface area contributed by atoms with Gasteiger partial charge in [-0.15, -0.1) is 0 Å². The molecule has 1 N–H and O–H groups in total. The van der Waals surface area contributed by atoms with E-state index in [2.05, 4.69) is 53.7 Å². The predicted octanol–water partition coefficient (Wildman–Crippen LogP) is 7.74. The highest BCUT2D eigenvalue weighted by molar-refractivity contribution is 5.73. The van der Waals surface area contributed by atoms with E-state index in [1.54, 1.807) is 0 Å². The van der Waals surface area contributed by atoms with Crippen LogP contribution in [0, 0.1) is 17.3 Å². The molecule has 3 nitrogen and oxygen atoms in total. The van der Waals surface area contributed by atoms with Crippen molar-refractivity contribution in [3.8, 4) is 0 Å². The van der Waals surface area contributed by atoms with E-state index >= 15 is 0 Å². The summed E-state index contributed by atoms with van der Waals surface area (Å²) in [5.41, 5.74) is 5.37. The quantitative estimate of drug-likeness (QED) is 0.133. The molecule has 0 aromatic rings. The van der Waals surface area contributed by atoms with E-state index in [4.69, 9.17) is 4.74 Å². The number of ether oxygens (including phenoxy) is 1. The Morgan fingerprint density at radius 1 is 1.09 bits per heavy atom. The highest BCUT2D eigenvalue weighted by Crippen LogP contribution is 2.53. The number of carbonyl (C=O) groups is 1. The SMILES string of the molecule is CC(C)=CCC[C@]1(C)O[C@@H]1CC/C(C)=C/CC[C@]1(C)[C@H](C)CC/C(=C(\C)C=O)[C@H]1CCCO. The van der Waals surface area contributed by atoms with Crippen molar-refractivity contribution in [2.75, 3.05) is 6.61 Å². The second-order valence-electron chi connectivity index (χ2n) is 11.6. The van der Waals surface area contributed by atoms with Gasteiger partial charge in [0, 0.05) is 6.61 Å². The lowest BCUT2D eigenvalue weighted by molar-refractivity contribution is -0.105. The molecule has 1 heterocycles. The van der Waals surface area contributed by atoms with Gasteiger partial charge in [0.05, 0.1) is 11.7 Å². The standard InChI is InChI=1S/C30H50O3/c1-22(2)11-8-19-30(7)28(33-30)17-14-23(3)12-9-18-29(6)25(5)15-16-26(24(4)21-32)27(29)13-10-20-31/h11-12,21,25,27-28,31H,8-10,13-20H2,1-7H3/b23-12+,26-24-/t25-,27-,28-,29-,30+/m1/s1. The fourth-order valence-corrected chi connectivity index (χ4v) is 6.00. The summed E-state index contributed by atoms with van der Waals surface area (Å²) < 4.78 is 6.05. The molecule has 2 aliphatic rings. The van der Waals surface area contributed by atoms with Crippen LogP contribution in [0.2, 0.25) is 0 Å². The molecule has 2 fully saturated rings. The number of aliphatic hydroxyl groups excluding tert-OH is 1. The summed E-state index contributed by atoms with van der Waals surface area (Å²) >= 11 is 0. The Hall–Kier alpha value is -1.19. The Morgan fingerprint density at radius 2 is 1.79 bits per heavy atom. The van der Waals surface area contributed by atoms with E-state index in [0.29, 0.717) is 17.9 Å². The number of carbonyl (C=O) groups excluding carboxylic acids is 1. The number of aldehydes is 1. The molecular formula is C30H50O3. The third kappa shape index (κ3) is 7.65. The average molecular weight is 459 g/mol. The van der Waals surface area contributed by atoms with Gasteiger partial charge in [-0.2, -0.15) is 0 Å². The molecule has 0 aromatic carbocycles. The summed E-state index contributed by atoms with van der Waals surface area (Å²) in [5.74, 6) is 1.02. The van der Waals surface area contributed by atoms with Crippen LogP contribution in [-0.4, -0.2) is 29.7 Å². The van der Waals surface area contributed by atoms with Gasteiger partial charge in [-0.3, -0.25) is 4.79 Å². The van der Waals surface area contributed by atoms with Crippen LogP contribution < -0.4 is 0 Å². The minimum atomic E-state index is 0.0797. The van der Waals surface area contributed by atoms with Crippen LogP contribution in [0.5, 0.6) is 0 Å². The zero-order valence-electron chi connectivity index (χ0n) is 22.5. The topological polar surface area (TPSA) is 49.8 Å². The van der Waals surface area contributed by atoms with E-state index in [-0.39, 0.29) is 17.6 Å².